The van der Waals surface area contributed by atoms with E-state index in [2.05, 4.69) is 48.4 Å². The molecule has 1 aromatic heterocycles. The van der Waals surface area contributed by atoms with Crippen molar-refractivity contribution in [1.29, 1.82) is 0 Å². The van der Waals surface area contributed by atoms with Crippen LogP contribution in [0.25, 0.3) is 0 Å². The van der Waals surface area contributed by atoms with Gasteiger partial charge in [-0.2, -0.15) is 5.10 Å². The predicted octanol–water partition coefficient (Wildman–Crippen LogP) is 2.40. The SMILES string of the molecule is Cc1ccccc1C[NH+]1CCN(C(=O)c2c(C)nn(Cc3ccccc3)c2C)CC1. The van der Waals surface area contributed by atoms with E-state index in [1.54, 1.807) is 4.90 Å². The third kappa shape index (κ3) is 4.31. The Hall–Kier alpha value is -2.92. The highest BCUT2D eigenvalue weighted by Crippen LogP contribution is 2.17. The summed E-state index contributed by atoms with van der Waals surface area (Å²) in [5.74, 6) is 0.124. The zero-order valence-electron chi connectivity index (χ0n) is 18.2. The number of quaternary nitrogens is 1. The second-order valence-corrected chi connectivity index (χ2v) is 8.33. The van der Waals surface area contributed by atoms with Gasteiger partial charge in [-0.15, -0.1) is 0 Å². The molecule has 0 bridgehead atoms. The van der Waals surface area contributed by atoms with Gasteiger partial charge in [0, 0.05) is 11.3 Å². The average Bonchev–Trinajstić information content (AvgIpc) is 3.03. The smallest absolute Gasteiger partial charge is 0.258 e. The van der Waals surface area contributed by atoms with Crippen LogP contribution in [0, 0.1) is 20.8 Å². The Bertz CT molecular complexity index is 1020. The van der Waals surface area contributed by atoms with Crippen molar-refractivity contribution in [2.45, 2.75) is 33.9 Å². The van der Waals surface area contributed by atoms with Crippen molar-refractivity contribution in [3.8, 4) is 0 Å². The first kappa shape index (κ1) is 20.4. The zero-order valence-corrected chi connectivity index (χ0v) is 18.2. The summed E-state index contributed by atoms with van der Waals surface area (Å²) in [6, 6.07) is 18.9. The van der Waals surface area contributed by atoms with Gasteiger partial charge in [-0.05, 0) is 31.9 Å². The molecule has 0 spiro atoms. The van der Waals surface area contributed by atoms with Crippen molar-refractivity contribution in [1.82, 2.24) is 14.7 Å². The molecule has 30 heavy (non-hydrogen) atoms. The van der Waals surface area contributed by atoms with Crippen LogP contribution in [0.5, 0.6) is 0 Å². The molecule has 4 rings (SSSR count). The van der Waals surface area contributed by atoms with Crippen LogP contribution in [-0.4, -0.2) is 46.8 Å². The third-order valence-electron chi connectivity index (χ3n) is 6.23. The van der Waals surface area contributed by atoms with Crippen LogP contribution in [0.4, 0.5) is 0 Å². The van der Waals surface area contributed by atoms with Gasteiger partial charge in [0.25, 0.3) is 5.91 Å². The Morgan fingerprint density at radius 1 is 0.967 bits per heavy atom. The highest BCUT2D eigenvalue weighted by atomic mass is 16.2. The van der Waals surface area contributed by atoms with E-state index in [0.717, 1.165) is 49.7 Å². The van der Waals surface area contributed by atoms with Crippen LogP contribution in [0.15, 0.2) is 54.6 Å². The lowest BCUT2D eigenvalue weighted by Crippen LogP contribution is -3.13. The molecular formula is C25H31N4O+. The first-order valence-electron chi connectivity index (χ1n) is 10.8. The Morgan fingerprint density at radius 2 is 1.63 bits per heavy atom. The van der Waals surface area contributed by atoms with Gasteiger partial charge in [0.15, 0.2) is 0 Å². The maximum absolute atomic E-state index is 13.3. The molecule has 1 fully saturated rings. The fourth-order valence-electron chi connectivity index (χ4n) is 4.36. The first-order chi connectivity index (χ1) is 14.5. The second-order valence-electron chi connectivity index (χ2n) is 8.33. The van der Waals surface area contributed by atoms with E-state index < -0.39 is 0 Å². The molecule has 0 aliphatic carbocycles. The Balaban J connectivity index is 1.41. The lowest BCUT2D eigenvalue weighted by Gasteiger charge is -2.32. The van der Waals surface area contributed by atoms with E-state index in [4.69, 9.17) is 0 Å². The maximum Gasteiger partial charge on any atom is 0.258 e. The summed E-state index contributed by atoms with van der Waals surface area (Å²) in [6.07, 6.45) is 0. The molecule has 1 amide bonds. The van der Waals surface area contributed by atoms with Crippen LogP contribution in [0.1, 0.15) is 38.4 Å². The van der Waals surface area contributed by atoms with Crippen molar-refractivity contribution in [2.24, 2.45) is 0 Å². The molecule has 1 saturated heterocycles. The van der Waals surface area contributed by atoms with Gasteiger partial charge in [-0.1, -0.05) is 54.6 Å². The molecule has 0 radical (unpaired) electrons. The van der Waals surface area contributed by atoms with Crippen LogP contribution < -0.4 is 4.90 Å². The van der Waals surface area contributed by atoms with E-state index in [0.29, 0.717) is 6.54 Å². The van der Waals surface area contributed by atoms with Gasteiger partial charge in [0.05, 0.1) is 44.0 Å². The number of rotatable bonds is 5. The highest BCUT2D eigenvalue weighted by Gasteiger charge is 2.28. The van der Waals surface area contributed by atoms with Crippen LogP contribution in [0.3, 0.4) is 0 Å². The van der Waals surface area contributed by atoms with Crippen LogP contribution in [-0.2, 0) is 13.1 Å². The fourth-order valence-corrected chi connectivity index (χ4v) is 4.36. The number of carbonyl (C=O) groups is 1. The number of nitrogens with zero attached hydrogens (tertiary/aromatic N) is 3. The lowest BCUT2D eigenvalue weighted by atomic mass is 10.1. The third-order valence-corrected chi connectivity index (χ3v) is 6.23. The first-order valence-corrected chi connectivity index (χ1v) is 10.8. The predicted molar refractivity (Wildman–Crippen MR) is 119 cm³/mol. The van der Waals surface area contributed by atoms with Crippen molar-refractivity contribution < 1.29 is 9.69 Å². The topological polar surface area (TPSA) is 42.6 Å². The lowest BCUT2D eigenvalue weighted by molar-refractivity contribution is -0.917. The molecule has 0 atom stereocenters. The molecule has 1 aliphatic rings. The number of nitrogens with one attached hydrogen (secondary N) is 1. The molecular weight excluding hydrogens is 372 g/mol. The maximum atomic E-state index is 13.3. The molecule has 2 aromatic carbocycles. The van der Waals surface area contributed by atoms with Gasteiger partial charge in [0.1, 0.15) is 6.54 Å². The summed E-state index contributed by atoms with van der Waals surface area (Å²) in [5.41, 5.74) is 6.49. The normalized spacial score (nSPS) is 14.8. The van der Waals surface area contributed by atoms with Crippen LogP contribution >= 0.6 is 0 Å². The monoisotopic (exact) mass is 403 g/mol. The van der Waals surface area contributed by atoms with E-state index in [1.165, 1.54) is 16.7 Å². The number of carbonyl (C=O) groups excluding carboxylic acids is 1. The minimum absolute atomic E-state index is 0.124. The second kappa shape index (κ2) is 8.84. The van der Waals surface area contributed by atoms with Crippen molar-refractivity contribution in [3.05, 3.63) is 88.2 Å². The number of benzene rings is 2. The molecule has 1 aliphatic heterocycles. The minimum Gasteiger partial charge on any atom is -0.328 e. The number of hydrogen-bond acceptors (Lipinski definition) is 2. The summed E-state index contributed by atoms with van der Waals surface area (Å²) >= 11 is 0. The molecule has 156 valence electrons. The van der Waals surface area contributed by atoms with E-state index in [-0.39, 0.29) is 5.91 Å². The summed E-state index contributed by atoms with van der Waals surface area (Å²) < 4.78 is 1.96. The number of hydrogen-bond donors (Lipinski definition) is 1. The number of amides is 1. The van der Waals surface area contributed by atoms with E-state index in [9.17, 15) is 4.79 Å². The summed E-state index contributed by atoms with van der Waals surface area (Å²) in [7, 11) is 0. The Morgan fingerprint density at radius 3 is 2.33 bits per heavy atom. The number of aryl methyl sites for hydroxylation is 2. The van der Waals surface area contributed by atoms with E-state index in [1.807, 2.05) is 41.6 Å². The molecule has 5 nitrogen and oxygen atoms in total. The quantitative estimate of drug-likeness (QED) is 0.711. The summed E-state index contributed by atoms with van der Waals surface area (Å²) in [6.45, 7) is 11.4. The summed E-state index contributed by atoms with van der Waals surface area (Å²) in [4.78, 5) is 16.8. The van der Waals surface area contributed by atoms with Gasteiger partial charge < -0.3 is 9.80 Å². The molecule has 0 saturated carbocycles. The Kier molecular flexibility index (Phi) is 6.00. The van der Waals surface area contributed by atoms with Gasteiger partial charge >= 0.3 is 0 Å². The number of piperazine rings is 1. The van der Waals surface area contributed by atoms with E-state index >= 15 is 0 Å². The molecule has 5 heteroatoms. The standard InChI is InChI=1S/C25H30N4O/c1-19-9-7-8-12-23(19)18-27-13-15-28(16-14-27)25(30)24-20(2)26-29(21(24)3)17-22-10-5-4-6-11-22/h4-12H,13-18H2,1-3H3/p+1. The molecule has 0 unspecified atom stereocenters. The van der Waals surface area contributed by atoms with Crippen LogP contribution in [0.2, 0.25) is 0 Å². The average molecular weight is 404 g/mol. The highest BCUT2D eigenvalue weighted by molar-refractivity contribution is 5.96. The molecule has 1 N–H and O–H groups in total. The van der Waals surface area contributed by atoms with Crippen molar-refractivity contribution >= 4 is 5.91 Å². The summed E-state index contributed by atoms with van der Waals surface area (Å²) in [5, 5.41) is 4.67. The fraction of sp³-hybridized carbons (Fsp3) is 0.360. The Labute approximate surface area is 178 Å². The van der Waals surface area contributed by atoms with Crippen molar-refractivity contribution in [3.63, 3.8) is 0 Å². The van der Waals surface area contributed by atoms with Gasteiger partial charge in [0.2, 0.25) is 0 Å². The molecule has 3 aromatic rings. The largest absolute Gasteiger partial charge is 0.328 e. The number of aromatic nitrogens is 2. The zero-order chi connectivity index (χ0) is 21.1. The van der Waals surface area contributed by atoms with Gasteiger partial charge in [-0.3, -0.25) is 9.48 Å². The minimum atomic E-state index is 0.124. The van der Waals surface area contributed by atoms with Crippen molar-refractivity contribution in [2.75, 3.05) is 26.2 Å². The van der Waals surface area contributed by atoms with Gasteiger partial charge in [-0.25, -0.2) is 0 Å². The molecule has 2 heterocycles.